The Labute approximate surface area is 166 Å². The van der Waals surface area contributed by atoms with E-state index < -0.39 is 0 Å². The molecule has 0 spiro atoms. The number of halogens is 1. The van der Waals surface area contributed by atoms with Crippen LogP contribution in [0.3, 0.4) is 0 Å². The van der Waals surface area contributed by atoms with E-state index in [1.54, 1.807) is 29.9 Å². The standard InChI is InChI=1S/C20H22FN5OS/c1-13-11-28-19-18(13)23-12-24-20(19)26-8-5-15(6-9-26)25-17(27)3-2-14-4-7-22-10-16(14)21/h4,7,10-12,15H,2-3,5-6,8-9H2,1H3,(H,25,27). The molecular formula is C20H22FN5OS. The number of anilines is 1. The van der Waals surface area contributed by atoms with Crippen molar-refractivity contribution in [3.05, 3.63) is 47.1 Å². The van der Waals surface area contributed by atoms with Crippen LogP contribution in [0.5, 0.6) is 0 Å². The molecule has 6 nitrogen and oxygen atoms in total. The lowest BCUT2D eigenvalue weighted by molar-refractivity contribution is -0.121. The molecule has 1 aliphatic rings. The normalized spacial score (nSPS) is 15.1. The number of rotatable bonds is 5. The van der Waals surface area contributed by atoms with Gasteiger partial charge in [0, 0.05) is 31.7 Å². The third-order valence-corrected chi connectivity index (χ3v) is 6.23. The van der Waals surface area contributed by atoms with Crippen LogP contribution in [0.2, 0.25) is 0 Å². The van der Waals surface area contributed by atoms with E-state index in [0.29, 0.717) is 12.0 Å². The van der Waals surface area contributed by atoms with Crippen molar-refractivity contribution in [2.24, 2.45) is 0 Å². The van der Waals surface area contributed by atoms with Crippen molar-refractivity contribution in [1.29, 1.82) is 0 Å². The molecule has 1 fully saturated rings. The first-order valence-electron chi connectivity index (χ1n) is 9.43. The molecule has 0 atom stereocenters. The summed E-state index contributed by atoms with van der Waals surface area (Å²) < 4.78 is 14.7. The molecule has 0 bridgehead atoms. The van der Waals surface area contributed by atoms with Crippen molar-refractivity contribution in [2.45, 2.75) is 38.6 Å². The summed E-state index contributed by atoms with van der Waals surface area (Å²) in [4.78, 5) is 27.1. The number of fused-ring (bicyclic) bond motifs is 1. The van der Waals surface area contributed by atoms with Gasteiger partial charge in [0.15, 0.2) is 0 Å². The van der Waals surface area contributed by atoms with Gasteiger partial charge in [-0.1, -0.05) is 0 Å². The van der Waals surface area contributed by atoms with Crippen molar-refractivity contribution in [3.63, 3.8) is 0 Å². The number of nitrogens with zero attached hydrogens (tertiary/aromatic N) is 4. The van der Waals surface area contributed by atoms with Crippen molar-refractivity contribution in [3.8, 4) is 0 Å². The monoisotopic (exact) mass is 399 g/mol. The van der Waals surface area contributed by atoms with E-state index in [0.717, 1.165) is 42.0 Å². The molecule has 8 heteroatoms. The van der Waals surface area contributed by atoms with Crippen LogP contribution in [-0.2, 0) is 11.2 Å². The second-order valence-electron chi connectivity index (χ2n) is 7.09. The maximum absolute atomic E-state index is 13.6. The molecule has 0 unspecified atom stereocenters. The Morgan fingerprint density at radius 3 is 2.96 bits per heavy atom. The van der Waals surface area contributed by atoms with Gasteiger partial charge in [-0.05, 0) is 48.8 Å². The minimum absolute atomic E-state index is 0.0343. The van der Waals surface area contributed by atoms with Crippen molar-refractivity contribution in [2.75, 3.05) is 18.0 Å². The number of hydrogen-bond donors (Lipinski definition) is 1. The number of thiophene rings is 1. The van der Waals surface area contributed by atoms with Crippen molar-refractivity contribution >= 4 is 33.3 Å². The molecule has 0 aromatic carbocycles. The first-order valence-corrected chi connectivity index (χ1v) is 10.3. The molecule has 0 saturated carbocycles. The van der Waals surface area contributed by atoms with Gasteiger partial charge in [0.25, 0.3) is 0 Å². The molecule has 146 valence electrons. The van der Waals surface area contributed by atoms with E-state index in [4.69, 9.17) is 0 Å². The van der Waals surface area contributed by atoms with Crippen LogP contribution in [0, 0.1) is 12.7 Å². The minimum atomic E-state index is -0.358. The van der Waals surface area contributed by atoms with Gasteiger partial charge in [0.05, 0.1) is 16.4 Å². The third kappa shape index (κ3) is 3.96. The number of piperidine rings is 1. The van der Waals surface area contributed by atoms with Gasteiger partial charge >= 0.3 is 0 Å². The number of aryl methyl sites for hydroxylation is 2. The maximum Gasteiger partial charge on any atom is 0.220 e. The maximum atomic E-state index is 13.6. The lowest BCUT2D eigenvalue weighted by Gasteiger charge is -2.33. The predicted molar refractivity (Wildman–Crippen MR) is 108 cm³/mol. The topological polar surface area (TPSA) is 71.0 Å². The third-order valence-electron chi connectivity index (χ3n) is 5.15. The summed E-state index contributed by atoms with van der Waals surface area (Å²) in [6.07, 6.45) is 6.76. The summed E-state index contributed by atoms with van der Waals surface area (Å²) in [6.45, 7) is 3.75. The highest BCUT2D eigenvalue weighted by Gasteiger charge is 2.23. The first kappa shape index (κ1) is 18.7. The molecular weight excluding hydrogens is 377 g/mol. The summed E-state index contributed by atoms with van der Waals surface area (Å²) in [5.74, 6) is 0.595. The fourth-order valence-electron chi connectivity index (χ4n) is 3.57. The summed E-state index contributed by atoms with van der Waals surface area (Å²) >= 11 is 1.68. The molecule has 1 amide bonds. The number of aromatic nitrogens is 3. The summed E-state index contributed by atoms with van der Waals surface area (Å²) in [5, 5.41) is 5.20. The van der Waals surface area contributed by atoms with Gasteiger partial charge in [0.2, 0.25) is 5.91 Å². The van der Waals surface area contributed by atoms with E-state index in [1.165, 1.54) is 11.8 Å². The van der Waals surface area contributed by atoms with Gasteiger partial charge in [-0.25, -0.2) is 14.4 Å². The number of nitrogens with one attached hydrogen (secondary N) is 1. The molecule has 0 radical (unpaired) electrons. The largest absolute Gasteiger partial charge is 0.355 e. The average Bonchev–Trinajstić information content (AvgIpc) is 3.09. The fourth-order valence-corrected chi connectivity index (χ4v) is 4.59. The SMILES string of the molecule is Cc1csc2c(N3CCC(NC(=O)CCc4ccncc4F)CC3)ncnc12. The first-order chi connectivity index (χ1) is 13.6. The van der Waals surface area contributed by atoms with E-state index >= 15 is 0 Å². The molecule has 1 N–H and O–H groups in total. The van der Waals surface area contributed by atoms with E-state index in [1.807, 2.05) is 0 Å². The van der Waals surface area contributed by atoms with Gasteiger partial charge in [0.1, 0.15) is 18.0 Å². The Morgan fingerprint density at radius 1 is 1.36 bits per heavy atom. The smallest absolute Gasteiger partial charge is 0.220 e. The van der Waals surface area contributed by atoms with Crippen LogP contribution in [0.4, 0.5) is 10.2 Å². The summed E-state index contributed by atoms with van der Waals surface area (Å²) in [6, 6.07) is 1.77. The van der Waals surface area contributed by atoms with Crippen LogP contribution in [0.15, 0.2) is 30.2 Å². The molecule has 28 heavy (non-hydrogen) atoms. The van der Waals surface area contributed by atoms with Crippen molar-refractivity contribution in [1.82, 2.24) is 20.3 Å². The van der Waals surface area contributed by atoms with Gasteiger partial charge < -0.3 is 10.2 Å². The second-order valence-corrected chi connectivity index (χ2v) is 7.97. The summed E-state index contributed by atoms with van der Waals surface area (Å²) in [7, 11) is 0. The number of carbonyl (C=O) groups excluding carboxylic acids is 1. The average molecular weight is 399 g/mol. The van der Waals surface area contributed by atoms with E-state index in [9.17, 15) is 9.18 Å². The fraction of sp³-hybridized carbons (Fsp3) is 0.400. The molecule has 1 aliphatic heterocycles. The molecule has 4 rings (SSSR count). The van der Waals surface area contributed by atoms with Gasteiger partial charge in [-0.2, -0.15) is 0 Å². The number of pyridine rings is 1. The number of carbonyl (C=O) groups is 1. The molecule has 3 aromatic rings. The highest BCUT2D eigenvalue weighted by atomic mass is 32.1. The van der Waals surface area contributed by atoms with Crippen molar-refractivity contribution < 1.29 is 9.18 Å². The Bertz CT molecular complexity index is 984. The number of hydrogen-bond acceptors (Lipinski definition) is 6. The Hall–Kier alpha value is -2.61. The van der Waals surface area contributed by atoms with Crippen LogP contribution < -0.4 is 10.2 Å². The molecule has 0 aliphatic carbocycles. The lowest BCUT2D eigenvalue weighted by Crippen LogP contribution is -2.45. The summed E-state index contributed by atoms with van der Waals surface area (Å²) in [5.41, 5.74) is 2.73. The molecule has 3 aromatic heterocycles. The molecule has 4 heterocycles. The zero-order valence-corrected chi connectivity index (χ0v) is 16.5. The predicted octanol–water partition coefficient (Wildman–Crippen LogP) is 3.25. The van der Waals surface area contributed by atoms with Gasteiger partial charge in [-0.3, -0.25) is 9.78 Å². The van der Waals surface area contributed by atoms with Gasteiger partial charge in [-0.15, -0.1) is 11.3 Å². The highest BCUT2D eigenvalue weighted by molar-refractivity contribution is 7.18. The zero-order valence-electron chi connectivity index (χ0n) is 15.7. The van der Waals surface area contributed by atoms with Crippen LogP contribution >= 0.6 is 11.3 Å². The van der Waals surface area contributed by atoms with Crippen LogP contribution in [0.25, 0.3) is 10.2 Å². The number of amides is 1. The quantitative estimate of drug-likeness (QED) is 0.713. The highest BCUT2D eigenvalue weighted by Crippen LogP contribution is 2.32. The van der Waals surface area contributed by atoms with E-state index in [2.05, 4.69) is 37.5 Å². The lowest BCUT2D eigenvalue weighted by atomic mass is 10.0. The van der Waals surface area contributed by atoms with Crippen LogP contribution in [0.1, 0.15) is 30.4 Å². The Balaban J connectivity index is 1.30. The van der Waals surface area contributed by atoms with E-state index in [-0.39, 0.29) is 24.2 Å². The Morgan fingerprint density at radius 2 is 2.18 bits per heavy atom. The Kier molecular flexibility index (Phi) is 5.47. The second kappa shape index (κ2) is 8.18. The molecule has 1 saturated heterocycles. The zero-order chi connectivity index (χ0) is 19.5. The van der Waals surface area contributed by atoms with Crippen LogP contribution in [-0.4, -0.2) is 40.0 Å². The minimum Gasteiger partial charge on any atom is -0.355 e.